The zero-order valence-corrected chi connectivity index (χ0v) is 19.4. The molecule has 0 amide bonds. The number of thiophene rings is 1. The standard InChI is InChI=1S/C29H15NO2S2/c31-27-21-12-17-7-1-2-8-18(17)13-22(21)28(32)23(27)14-26-30-29-25(33-26)15-24(34-29)20-11-5-9-16-6-3-4-10-19(16)20/h1-15H. The molecule has 0 atom stereocenters. The molecular weight excluding hydrogens is 458 g/mol. The van der Waals surface area contributed by atoms with Gasteiger partial charge in [-0.1, -0.05) is 66.7 Å². The zero-order chi connectivity index (χ0) is 22.8. The molecule has 4 aromatic carbocycles. The summed E-state index contributed by atoms with van der Waals surface area (Å²) < 4.78 is 1.06. The van der Waals surface area contributed by atoms with Crippen LogP contribution in [-0.4, -0.2) is 16.6 Å². The van der Waals surface area contributed by atoms with Crippen molar-refractivity contribution in [1.29, 1.82) is 0 Å². The molecule has 34 heavy (non-hydrogen) atoms. The number of Topliss-reactive ketones (excluding diaryl/α,β-unsaturated/α-hetero) is 2. The van der Waals surface area contributed by atoms with Crippen molar-refractivity contribution < 1.29 is 9.59 Å². The molecule has 7 rings (SSSR count). The van der Waals surface area contributed by atoms with Crippen molar-refractivity contribution in [3.8, 4) is 10.4 Å². The van der Waals surface area contributed by atoms with Gasteiger partial charge in [0.2, 0.25) is 0 Å². The molecule has 2 heterocycles. The van der Waals surface area contributed by atoms with E-state index in [1.165, 1.54) is 27.7 Å². The lowest BCUT2D eigenvalue weighted by molar-refractivity contribution is 0.0990. The van der Waals surface area contributed by atoms with E-state index in [9.17, 15) is 9.59 Å². The second kappa shape index (κ2) is 7.29. The highest BCUT2D eigenvalue weighted by molar-refractivity contribution is 7.29. The third kappa shape index (κ3) is 2.91. The summed E-state index contributed by atoms with van der Waals surface area (Å²) >= 11 is 3.14. The van der Waals surface area contributed by atoms with Crippen LogP contribution < -0.4 is 0 Å². The average molecular weight is 474 g/mol. The van der Waals surface area contributed by atoms with Gasteiger partial charge in [0.05, 0.1) is 10.3 Å². The highest BCUT2D eigenvalue weighted by Gasteiger charge is 2.33. The van der Waals surface area contributed by atoms with Crippen LogP contribution in [0.2, 0.25) is 0 Å². The predicted octanol–water partition coefficient (Wildman–Crippen LogP) is 7.79. The number of hydrogen-bond acceptors (Lipinski definition) is 5. The summed E-state index contributed by atoms with van der Waals surface area (Å²) in [5.74, 6) is -0.443. The Morgan fingerprint density at radius 2 is 1.29 bits per heavy atom. The number of fused-ring (bicyclic) bond motifs is 4. The molecule has 0 bridgehead atoms. The zero-order valence-electron chi connectivity index (χ0n) is 17.7. The molecule has 1 aliphatic carbocycles. The molecule has 1 aliphatic rings. The second-order valence-corrected chi connectivity index (χ2v) is 10.4. The topological polar surface area (TPSA) is 47.0 Å². The van der Waals surface area contributed by atoms with Gasteiger partial charge in [-0.25, -0.2) is 4.98 Å². The van der Waals surface area contributed by atoms with Crippen LogP contribution in [-0.2, 0) is 0 Å². The summed E-state index contributed by atoms with van der Waals surface area (Å²) in [7, 11) is 0. The first-order valence-electron chi connectivity index (χ1n) is 10.9. The van der Waals surface area contributed by atoms with Crippen LogP contribution in [0.25, 0.3) is 47.6 Å². The van der Waals surface area contributed by atoms with Gasteiger partial charge in [0.15, 0.2) is 11.6 Å². The molecule has 0 N–H and O–H groups in total. The minimum absolute atomic E-state index is 0.195. The molecule has 0 saturated heterocycles. The first-order valence-corrected chi connectivity index (χ1v) is 12.5. The summed E-state index contributed by atoms with van der Waals surface area (Å²) in [5.41, 5.74) is 2.34. The summed E-state index contributed by atoms with van der Waals surface area (Å²) in [6.07, 6.45) is 1.66. The summed E-state index contributed by atoms with van der Waals surface area (Å²) in [6.45, 7) is 0. The van der Waals surface area contributed by atoms with Crippen molar-refractivity contribution in [2.75, 3.05) is 0 Å². The maximum Gasteiger partial charge on any atom is 0.197 e. The molecule has 0 spiro atoms. The van der Waals surface area contributed by atoms with Crippen molar-refractivity contribution in [3.63, 3.8) is 0 Å². The normalized spacial score (nSPS) is 13.4. The maximum atomic E-state index is 13.1. The molecule has 0 radical (unpaired) electrons. The Balaban J connectivity index is 1.28. The Morgan fingerprint density at radius 3 is 2.00 bits per heavy atom. The molecule has 0 unspecified atom stereocenters. The summed E-state index contributed by atoms with van der Waals surface area (Å²) in [4.78, 5) is 33.0. The van der Waals surface area contributed by atoms with E-state index in [-0.39, 0.29) is 17.1 Å². The fourth-order valence-electron chi connectivity index (χ4n) is 4.65. The van der Waals surface area contributed by atoms with Crippen molar-refractivity contribution in [2.45, 2.75) is 0 Å². The molecule has 0 aliphatic heterocycles. The average Bonchev–Trinajstić information content (AvgIpc) is 3.50. The number of thiazole rings is 1. The van der Waals surface area contributed by atoms with Crippen LogP contribution in [0.3, 0.4) is 0 Å². The molecule has 3 nitrogen and oxygen atoms in total. The first-order chi connectivity index (χ1) is 16.7. The van der Waals surface area contributed by atoms with E-state index in [1.807, 2.05) is 42.5 Å². The van der Waals surface area contributed by atoms with E-state index in [0.717, 1.165) is 25.2 Å². The smallest absolute Gasteiger partial charge is 0.197 e. The lowest BCUT2D eigenvalue weighted by Crippen LogP contribution is -1.99. The summed E-state index contributed by atoms with van der Waals surface area (Å²) in [6, 6.07) is 28.3. The fraction of sp³-hybridized carbons (Fsp3) is 0. The van der Waals surface area contributed by atoms with Gasteiger partial charge in [0, 0.05) is 16.0 Å². The lowest BCUT2D eigenvalue weighted by Gasteiger charge is -2.03. The second-order valence-electron chi connectivity index (χ2n) is 8.32. The van der Waals surface area contributed by atoms with E-state index < -0.39 is 0 Å². The van der Waals surface area contributed by atoms with Crippen molar-refractivity contribution >= 4 is 71.4 Å². The van der Waals surface area contributed by atoms with Crippen molar-refractivity contribution in [2.24, 2.45) is 0 Å². The number of hydrogen-bond donors (Lipinski definition) is 0. The summed E-state index contributed by atoms with van der Waals surface area (Å²) in [5, 5.41) is 5.02. The van der Waals surface area contributed by atoms with E-state index in [2.05, 4.69) is 42.5 Å². The van der Waals surface area contributed by atoms with Gasteiger partial charge >= 0.3 is 0 Å². The van der Waals surface area contributed by atoms with Gasteiger partial charge in [-0.3, -0.25) is 9.59 Å². The van der Waals surface area contributed by atoms with Crippen LogP contribution in [0.4, 0.5) is 0 Å². The molecular formula is C29H15NO2S2. The monoisotopic (exact) mass is 473 g/mol. The minimum Gasteiger partial charge on any atom is -0.288 e. The molecule has 0 fully saturated rings. The highest BCUT2D eigenvalue weighted by atomic mass is 32.1. The fourth-order valence-corrected chi connectivity index (χ4v) is 6.86. The number of nitrogens with zero attached hydrogens (tertiary/aromatic N) is 1. The first kappa shape index (κ1) is 19.5. The van der Waals surface area contributed by atoms with Crippen molar-refractivity contribution in [1.82, 2.24) is 4.98 Å². The van der Waals surface area contributed by atoms with Gasteiger partial charge in [0.25, 0.3) is 0 Å². The molecule has 6 aromatic rings. The van der Waals surface area contributed by atoms with E-state index in [4.69, 9.17) is 4.98 Å². The minimum atomic E-state index is -0.222. The molecule has 5 heteroatoms. The van der Waals surface area contributed by atoms with Gasteiger partial charge < -0.3 is 0 Å². The van der Waals surface area contributed by atoms with Crippen LogP contribution in [0, 0.1) is 0 Å². The number of rotatable bonds is 2. The number of carbonyl (C=O) groups is 2. The Bertz CT molecular complexity index is 1760. The molecule has 2 aromatic heterocycles. The van der Waals surface area contributed by atoms with Gasteiger partial charge in [-0.2, -0.15) is 0 Å². The molecule has 160 valence electrons. The Kier molecular flexibility index (Phi) is 4.19. The molecule has 0 saturated carbocycles. The predicted molar refractivity (Wildman–Crippen MR) is 141 cm³/mol. The maximum absolute atomic E-state index is 13.1. The number of benzene rings is 4. The SMILES string of the molecule is O=C1C(=Cc2nc3sc(-c4cccc5ccccc45)cc3s2)C(=O)c2cc3ccccc3cc21. The van der Waals surface area contributed by atoms with Crippen LogP contribution in [0.1, 0.15) is 25.7 Å². The Morgan fingerprint density at radius 1 is 0.647 bits per heavy atom. The number of aromatic nitrogens is 1. The van der Waals surface area contributed by atoms with Gasteiger partial charge in [-0.15, -0.1) is 22.7 Å². The third-order valence-corrected chi connectivity index (χ3v) is 8.43. The largest absolute Gasteiger partial charge is 0.288 e. The number of allylic oxidation sites excluding steroid dienone is 1. The third-order valence-electron chi connectivity index (χ3n) is 6.29. The van der Waals surface area contributed by atoms with Crippen LogP contribution in [0.5, 0.6) is 0 Å². The lowest BCUT2D eigenvalue weighted by atomic mass is 10.0. The van der Waals surface area contributed by atoms with Gasteiger partial charge in [-0.05, 0) is 51.4 Å². The van der Waals surface area contributed by atoms with Gasteiger partial charge in [0.1, 0.15) is 9.84 Å². The Hall–Kier alpha value is -3.93. The van der Waals surface area contributed by atoms with Crippen LogP contribution in [0.15, 0.2) is 90.5 Å². The number of ketones is 2. The highest BCUT2D eigenvalue weighted by Crippen LogP contribution is 2.40. The number of carbonyl (C=O) groups excluding carboxylic acids is 2. The Labute approximate surface area is 202 Å². The van der Waals surface area contributed by atoms with Crippen molar-refractivity contribution in [3.05, 3.63) is 107 Å². The quantitative estimate of drug-likeness (QED) is 0.190. The van der Waals surface area contributed by atoms with E-state index in [1.54, 1.807) is 17.4 Å². The van der Waals surface area contributed by atoms with E-state index >= 15 is 0 Å². The van der Waals surface area contributed by atoms with E-state index in [0.29, 0.717) is 16.1 Å². The van der Waals surface area contributed by atoms with Crippen LogP contribution >= 0.6 is 22.7 Å².